The highest BCUT2D eigenvalue weighted by atomic mass is 79.9. The molecule has 0 radical (unpaired) electrons. The van der Waals surface area contributed by atoms with Crippen LogP contribution in [0.15, 0.2) is 11.0 Å². The van der Waals surface area contributed by atoms with Gasteiger partial charge in [-0.05, 0) is 0 Å². The summed E-state index contributed by atoms with van der Waals surface area (Å²) in [5.74, 6) is -1.06. The van der Waals surface area contributed by atoms with Gasteiger partial charge in [0, 0.05) is 13.8 Å². The first-order valence-electron chi connectivity index (χ1n) is 6.61. The zero-order valence-corrected chi connectivity index (χ0v) is 13.9. The number of nitrogen functional groups attached to an aromatic ring is 1. The molecule has 0 spiro atoms. The molecule has 4 atom stereocenters. The van der Waals surface area contributed by atoms with Gasteiger partial charge < -0.3 is 19.9 Å². The van der Waals surface area contributed by atoms with Gasteiger partial charge in [0.05, 0.1) is 6.20 Å². The molecule has 2 rings (SSSR count). The van der Waals surface area contributed by atoms with E-state index in [2.05, 4.69) is 26.0 Å². The van der Waals surface area contributed by atoms with Gasteiger partial charge in [0.1, 0.15) is 29.5 Å². The molecule has 1 aromatic rings. The minimum absolute atomic E-state index is 0.0247. The Labute approximate surface area is 139 Å². The number of alkyl halides is 1. The van der Waals surface area contributed by atoms with E-state index in [0.29, 0.717) is 0 Å². The Morgan fingerprint density at radius 3 is 2.70 bits per heavy atom. The summed E-state index contributed by atoms with van der Waals surface area (Å²) < 4.78 is 16.7. The fraction of sp³-hybridized carbons (Fsp3) is 0.583. The number of hydrogen-bond acceptors (Lipinski definition) is 9. The largest absolute Gasteiger partial charge is 0.463 e. The monoisotopic (exact) mass is 390 g/mol. The molecule has 0 aromatic carbocycles. The van der Waals surface area contributed by atoms with Crippen molar-refractivity contribution in [2.45, 2.75) is 37.1 Å². The fourth-order valence-corrected chi connectivity index (χ4v) is 2.89. The number of carbonyl (C=O) groups excluding carboxylic acids is 2. The summed E-state index contributed by atoms with van der Waals surface area (Å²) in [6, 6.07) is 0. The van der Waals surface area contributed by atoms with Crippen LogP contribution in [-0.4, -0.2) is 50.3 Å². The number of nitrogens with zero attached hydrogens (tertiary/aromatic N) is 3. The van der Waals surface area contributed by atoms with Crippen molar-refractivity contribution in [1.29, 1.82) is 0 Å². The summed E-state index contributed by atoms with van der Waals surface area (Å²) >= 11 is 3.34. The zero-order valence-electron chi connectivity index (χ0n) is 12.3. The van der Waals surface area contributed by atoms with Crippen molar-refractivity contribution in [3.05, 3.63) is 16.7 Å². The minimum Gasteiger partial charge on any atom is -0.463 e. The van der Waals surface area contributed by atoms with E-state index in [1.54, 1.807) is 0 Å². The van der Waals surface area contributed by atoms with Crippen LogP contribution >= 0.6 is 15.9 Å². The molecule has 1 aliphatic heterocycles. The lowest BCUT2D eigenvalue weighted by atomic mass is 10.2. The van der Waals surface area contributed by atoms with E-state index in [-0.39, 0.29) is 12.4 Å². The normalized spacial score (nSPS) is 26.7. The van der Waals surface area contributed by atoms with Crippen molar-refractivity contribution in [3.63, 3.8) is 0 Å². The maximum atomic E-state index is 11.9. The van der Waals surface area contributed by atoms with Crippen molar-refractivity contribution in [2.24, 2.45) is 0 Å². The Morgan fingerprint density at radius 1 is 1.43 bits per heavy atom. The predicted octanol–water partition coefficient (Wildman–Crippen LogP) is -0.624. The Bertz CT molecular complexity index is 665. The Kier molecular flexibility index (Phi) is 5.31. The molecule has 1 aromatic heterocycles. The second-order valence-electron chi connectivity index (χ2n) is 4.79. The highest BCUT2D eigenvalue weighted by Gasteiger charge is 2.47. The third kappa shape index (κ3) is 4.05. The fourth-order valence-electron chi connectivity index (χ4n) is 2.09. The third-order valence-corrected chi connectivity index (χ3v) is 3.97. The minimum atomic E-state index is -0.902. The third-order valence-electron chi connectivity index (χ3n) is 3.00. The Hall–Kier alpha value is -2.01. The maximum Gasteiger partial charge on any atom is 0.368 e. The molecule has 0 unspecified atom stereocenters. The average Bonchev–Trinajstić information content (AvgIpc) is 2.73. The summed E-state index contributed by atoms with van der Waals surface area (Å²) in [6.45, 7) is 2.35. The topological polar surface area (TPSA) is 136 Å². The smallest absolute Gasteiger partial charge is 0.368 e. The van der Waals surface area contributed by atoms with Gasteiger partial charge in [-0.3, -0.25) is 9.59 Å². The van der Waals surface area contributed by atoms with E-state index in [1.165, 1.54) is 20.0 Å². The van der Waals surface area contributed by atoms with Crippen LogP contribution < -0.4 is 11.4 Å². The van der Waals surface area contributed by atoms with Gasteiger partial charge in [0.25, 0.3) is 0 Å². The lowest BCUT2D eigenvalue weighted by Gasteiger charge is -2.19. The number of carbonyl (C=O) groups is 2. The van der Waals surface area contributed by atoms with E-state index in [0.717, 1.165) is 4.68 Å². The molecule has 1 saturated heterocycles. The molecule has 2 N–H and O–H groups in total. The summed E-state index contributed by atoms with van der Waals surface area (Å²) in [7, 11) is 0. The van der Waals surface area contributed by atoms with Crippen LogP contribution in [0.5, 0.6) is 0 Å². The summed E-state index contributed by atoms with van der Waals surface area (Å²) in [4.78, 5) is 37.1. The molecule has 0 aliphatic carbocycles. The Balaban J connectivity index is 2.26. The summed E-state index contributed by atoms with van der Waals surface area (Å²) in [5, 5.41) is 3.87. The molecule has 23 heavy (non-hydrogen) atoms. The van der Waals surface area contributed by atoms with E-state index in [9.17, 15) is 14.4 Å². The number of nitrogens with two attached hydrogens (primary N) is 1. The van der Waals surface area contributed by atoms with Crippen molar-refractivity contribution >= 4 is 33.7 Å². The Morgan fingerprint density at radius 2 is 2.13 bits per heavy atom. The van der Waals surface area contributed by atoms with Gasteiger partial charge in [0.2, 0.25) is 0 Å². The highest BCUT2D eigenvalue weighted by molar-refractivity contribution is 9.09. The number of ether oxygens (including phenoxy) is 3. The van der Waals surface area contributed by atoms with Gasteiger partial charge in [-0.1, -0.05) is 15.9 Å². The van der Waals surface area contributed by atoms with E-state index < -0.39 is 40.9 Å². The van der Waals surface area contributed by atoms with Crippen molar-refractivity contribution < 1.29 is 23.8 Å². The van der Waals surface area contributed by atoms with Crippen LogP contribution in [-0.2, 0) is 23.8 Å². The second-order valence-corrected chi connectivity index (χ2v) is 5.85. The van der Waals surface area contributed by atoms with Gasteiger partial charge in [-0.25, -0.2) is 4.79 Å². The first kappa shape index (κ1) is 17.3. The summed E-state index contributed by atoms with van der Waals surface area (Å²) in [5.41, 5.74) is 4.68. The molecular formula is C12H15BrN4O6. The van der Waals surface area contributed by atoms with Gasteiger partial charge in [0.15, 0.2) is 6.23 Å². The molecule has 126 valence electrons. The highest BCUT2D eigenvalue weighted by Crippen LogP contribution is 2.35. The number of esters is 2. The van der Waals surface area contributed by atoms with Crippen LogP contribution in [0, 0.1) is 0 Å². The van der Waals surface area contributed by atoms with Crippen molar-refractivity contribution in [3.8, 4) is 0 Å². The first-order chi connectivity index (χ1) is 10.8. The molecule has 0 amide bonds. The van der Waals surface area contributed by atoms with Crippen molar-refractivity contribution in [2.75, 3.05) is 12.3 Å². The second kappa shape index (κ2) is 7.04. The molecule has 1 fully saturated rings. The summed E-state index contributed by atoms with van der Waals surface area (Å²) in [6.07, 6.45) is -1.24. The molecule has 10 nitrogen and oxygen atoms in total. The number of rotatable bonds is 4. The number of anilines is 1. The molecule has 0 saturated carbocycles. The SMILES string of the molecule is CC(=O)OC[C@H]1O[C@@H](n2ncc(N)nc2=O)[C@H](Br)[C@@H]1OC(C)=O. The first-order valence-corrected chi connectivity index (χ1v) is 7.52. The van der Waals surface area contributed by atoms with Gasteiger partial charge in [-0.15, -0.1) is 0 Å². The maximum absolute atomic E-state index is 11.9. The standard InChI is InChI=1S/C12H15BrN4O6/c1-5(18)21-4-7-10(22-6(2)19)9(13)11(23-7)17-12(20)16-8(14)3-15-17/h3,7,9-11H,4H2,1-2H3,(H2,14,16,20)/t7-,9-,10-,11-/m1/s1. The van der Waals surface area contributed by atoms with Gasteiger partial charge in [-0.2, -0.15) is 14.8 Å². The van der Waals surface area contributed by atoms with Crippen molar-refractivity contribution in [1.82, 2.24) is 14.8 Å². The number of halogens is 1. The van der Waals surface area contributed by atoms with E-state index in [4.69, 9.17) is 19.9 Å². The van der Waals surface area contributed by atoms with Crippen LogP contribution in [0.25, 0.3) is 0 Å². The van der Waals surface area contributed by atoms with E-state index in [1.807, 2.05) is 0 Å². The zero-order chi connectivity index (χ0) is 17.1. The van der Waals surface area contributed by atoms with Crippen LogP contribution in [0.1, 0.15) is 20.1 Å². The quantitative estimate of drug-likeness (QED) is 0.526. The molecular weight excluding hydrogens is 376 g/mol. The molecule has 1 aliphatic rings. The van der Waals surface area contributed by atoms with Crippen LogP contribution in [0.3, 0.4) is 0 Å². The van der Waals surface area contributed by atoms with Crippen LogP contribution in [0.4, 0.5) is 5.82 Å². The predicted molar refractivity (Wildman–Crippen MR) is 79.5 cm³/mol. The molecule has 11 heteroatoms. The number of hydrogen-bond donors (Lipinski definition) is 1. The molecule has 0 bridgehead atoms. The van der Waals surface area contributed by atoms with E-state index >= 15 is 0 Å². The van der Waals surface area contributed by atoms with Gasteiger partial charge >= 0.3 is 17.6 Å². The number of aromatic nitrogens is 3. The lowest BCUT2D eigenvalue weighted by Crippen LogP contribution is -2.37. The lowest BCUT2D eigenvalue weighted by molar-refractivity contribution is -0.155. The average molecular weight is 391 g/mol. The van der Waals surface area contributed by atoms with Crippen LogP contribution in [0.2, 0.25) is 0 Å². The molecule has 2 heterocycles.